The summed E-state index contributed by atoms with van der Waals surface area (Å²) in [5.74, 6) is 0. The van der Waals surface area contributed by atoms with E-state index < -0.39 is 12.7 Å². The van der Waals surface area contributed by atoms with E-state index in [9.17, 15) is 5.02 Å². The Labute approximate surface area is 130 Å². The first kappa shape index (κ1) is 13.3. The molecular formula is C19H15BO2. The van der Waals surface area contributed by atoms with Gasteiger partial charge < -0.3 is 9.68 Å². The van der Waals surface area contributed by atoms with Gasteiger partial charge in [0, 0.05) is 0 Å². The molecule has 3 aromatic carbocycles. The fourth-order valence-electron chi connectivity index (χ4n) is 3.29. The van der Waals surface area contributed by atoms with Gasteiger partial charge in [0.25, 0.3) is 0 Å². The summed E-state index contributed by atoms with van der Waals surface area (Å²) in [5.41, 5.74) is 3.10. The van der Waals surface area contributed by atoms with Crippen molar-refractivity contribution < 1.29 is 9.68 Å². The number of hydrogen-bond acceptors (Lipinski definition) is 2. The van der Waals surface area contributed by atoms with E-state index in [1.54, 1.807) is 0 Å². The van der Waals surface area contributed by atoms with Gasteiger partial charge in [0.2, 0.25) is 0 Å². The zero-order valence-electron chi connectivity index (χ0n) is 12.0. The first-order chi connectivity index (χ1) is 10.8. The molecule has 1 N–H and O–H groups in total. The first-order valence-electron chi connectivity index (χ1n) is 7.39. The Kier molecular flexibility index (Phi) is 3.10. The molecule has 4 rings (SSSR count). The van der Waals surface area contributed by atoms with E-state index >= 15 is 0 Å². The lowest BCUT2D eigenvalue weighted by atomic mass is 9.75. The minimum Gasteiger partial charge on any atom is -0.423 e. The molecule has 1 aliphatic rings. The molecule has 0 amide bonds. The van der Waals surface area contributed by atoms with Gasteiger partial charge in [-0.3, -0.25) is 0 Å². The van der Waals surface area contributed by atoms with Crippen LogP contribution in [0.2, 0.25) is 0 Å². The Bertz CT molecular complexity index is 747. The molecule has 0 atom stereocenters. The van der Waals surface area contributed by atoms with Crippen LogP contribution in [0.15, 0.2) is 84.9 Å². The number of hydrogen-bond donors (Lipinski definition) is 1. The van der Waals surface area contributed by atoms with Gasteiger partial charge in [-0.15, -0.1) is 0 Å². The maximum atomic E-state index is 10.4. The lowest BCUT2D eigenvalue weighted by molar-refractivity contribution is 0.144. The van der Waals surface area contributed by atoms with Crippen molar-refractivity contribution in [2.75, 3.05) is 0 Å². The molecule has 0 saturated carbocycles. The second-order valence-electron chi connectivity index (χ2n) is 5.47. The van der Waals surface area contributed by atoms with Gasteiger partial charge >= 0.3 is 7.12 Å². The molecule has 106 valence electrons. The summed E-state index contributed by atoms with van der Waals surface area (Å²) in [6, 6.07) is 28.0. The maximum absolute atomic E-state index is 10.4. The average Bonchev–Trinajstić information content (AvgIpc) is 2.91. The highest BCUT2D eigenvalue weighted by atomic mass is 16.5. The highest BCUT2D eigenvalue weighted by Gasteiger charge is 2.49. The lowest BCUT2D eigenvalue weighted by Gasteiger charge is -2.32. The fraction of sp³-hybridized carbons (Fsp3) is 0.0526. The van der Waals surface area contributed by atoms with Gasteiger partial charge in [0.1, 0.15) is 5.60 Å². The topological polar surface area (TPSA) is 29.5 Å². The molecule has 0 saturated heterocycles. The average molecular weight is 286 g/mol. The SMILES string of the molecule is OB1OC(c2ccccc2)(c2ccccc2)c2ccccc21. The molecule has 1 heterocycles. The van der Waals surface area contributed by atoms with Gasteiger partial charge in [-0.25, -0.2) is 0 Å². The third kappa shape index (κ3) is 1.83. The number of fused-ring (bicyclic) bond motifs is 1. The number of rotatable bonds is 2. The van der Waals surface area contributed by atoms with Crippen molar-refractivity contribution in [1.82, 2.24) is 0 Å². The summed E-state index contributed by atoms with van der Waals surface area (Å²) in [6.07, 6.45) is 0. The quantitative estimate of drug-likeness (QED) is 0.734. The fourth-order valence-corrected chi connectivity index (χ4v) is 3.29. The normalized spacial score (nSPS) is 15.6. The van der Waals surface area contributed by atoms with Crippen LogP contribution in [0, 0.1) is 0 Å². The van der Waals surface area contributed by atoms with Crippen molar-refractivity contribution in [2.24, 2.45) is 0 Å². The molecule has 0 unspecified atom stereocenters. The monoisotopic (exact) mass is 286 g/mol. The first-order valence-corrected chi connectivity index (χ1v) is 7.39. The van der Waals surface area contributed by atoms with Crippen molar-refractivity contribution in [3.8, 4) is 0 Å². The van der Waals surface area contributed by atoms with Crippen LogP contribution in [0.3, 0.4) is 0 Å². The van der Waals surface area contributed by atoms with Crippen molar-refractivity contribution in [1.29, 1.82) is 0 Å². The molecule has 0 aliphatic carbocycles. The predicted molar refractivity (Wildman–Crippen MR) is 87.9 cm³/mol. The van der Waals surface area contributed by atoms with Crippen LogP contribution in [-0.2, 0) is 10.3 Å². The smallest absolute Gasteiger partial charge is 0.423 e. The van der Waals surface area contributed by atoms with Gasteiger partial charge in [-0.1, -0.05) is 84.9 Å². The zero-order valence-corrected chi connectivity index (χ0v) is 12.0. The molecule has 2 nitrogen and oxygen atoms in total. The van der Waals surface area contributed by atoms with E-state index in [2.05, 4.69) is 0 Å². The van der Waals surface area contributed by atoms with Gasteiger partial charge in [0.05, 0.1) is 0 Å². The Morgan fingerprint density at radius 2 is 1.18 bits per heavy atom. The molecule has 0 radical (unpaired) electrons. The van der Waals surface area contributed by atoms with E-state index in [0.29, 0.717) is 0 Å². The zero-order chi connectivity index (χ0) is 15.0. The largest absolute Gasteiger partial charge is 0.492 e. The summed E-state index contributed by atoms with van der Waals surface area (Å²) >= 11 is 0. The van der Waals surface area contributed by atoms with E-state index in [4.69, 9.17) is 4.65 Å². The molecule has 3 heteroatoms. The maximum Gasteiger partial charge on any atom is 0.492 e. The minimum atomic E-state index is -0.920. The van der Waals surface area contributed by atoms with Crippen molar-refractivity contribution in [3.05, 3.63) is 102 Å². The molecule has 0 bridgehead atoms. The molecule has 1 aliphatic heterocycles. The van der Waals surface area contributed by atoms with E-state index in [1.807, 2.05) is 84.9 Å². The van der Waals surface area contributed by atoms with E-state index in [-0.39, 0.29) is 0 Å². The molecule has 0 aromatic heterocycles. The summed E-state index contributed by atoms with van der Waals surface area (Å²) in [7, 11) is -0.920. The van der Waals surface area contributed by atoms with Crippen molar-refractivity contribution in [2.45, 2.75) is 5.60 Å². The summed E-state index contributed by atoms with van der Waals surface area (Å²) < 4.78 is 6.15. The molecule has 22 heavy (non-hydrogen) atoms. The van der Waals surface area contributed by atoms with Crippen LogP contribution in [-0.4, -0.2) is 12.1 Å². The number of benzene rings is 3. The highest BCUT2D eigenvalue weighted by molar-refractivity contribution is 6.62. The van der Waals surface area contributed by atoms with Gasteiger partial charge in [0.15, 0.2) is 0 Å². The molecule has 0 fully saturated rings. The molecule has 0 spiro atoms. The second-order valence-corrected chi connectivity index (χ2v) is 5.47. The van der Waals surface area contributed by atoms with Crippen LogP contribution >= 0.6 is 0 Å². The summed E-state index contributed by atoms with van der Waals surface area (Å²) in [4.78, 5) is 0. The van der Waals surface area contributed by atoms with Crippen LogP contribution in [0.1, 0.15) is 16.7 Å². The second kappa shape index (κ2) is 5.13. The van der Waals surface area contributed by atoms with Crippen molar-refractivity contribution in [3.63, 3.8) is 0 Å². The molecular weight excluding hydrogens is 271 g/mol. The van der Waals surface area contributed by atoms with Crippen LogP contribution in [0.5, 0.6) is 0 Å². The van der Waals surface area contributed by atoms with E-state index in [1.165, 1.54) is 0 Å². The predicted octanol–water partition coefficient (Wildman–Crippen LogP) is 2.70. The van der Waals surface area contributed by atoms with E-state index in [0.717, 1.165) is 22.2 Å². The molecule has 3 aromatic rings. The standard InChI is InChI=1S/C19H15BO2/c21-20-18-14-8-7-13-17(18)19(22-20,15-9-3-1-4-10-15)16-11-5-2-6-12-16/h1-14,21H. The van der Waals surface area contributed by atoms with Gasteiger partial charge in [-0.2, -0.15) is 0 Å². The Balaban J connectivity index is 2.04. The third-order valence-electron chi connectivity index (χ3n) is 4.26. The van der Waals surface area contributed by atoms with Crippen LogP contribution in [0.25, 0.3) is 0 Å². The van der Waals surface area contributed by atoms with Gasteiger partial charge in [-0.05, 0) is 22.2 Å². The minimum absolute atomic E-state index is 0.765. The third-order valence-corrected chi connectivity index (χ3v) is 4.26. The van der Waals surface area contributed by atoms with Crippen LogP contribution in [0.4, 0.5) is 0 Å². The summed E-state index contributed by atoms with van der Waals surface area (Å²) in [6.45, 7) is 0. The Morgan fingerprint density at radius 3 is 1.77 bits per heavy atom. The van der Waals surface area contributed by atoms with Crippen molar-refractivity contribution >= 4 is 12.6 Å². The summed E-state index contributed by atoms with van der Waals surface area (Å²) in [5, 5.41) is 10.4. The highest BCUT2D eigenvalue weighted by Crippen LogP contribution is 2.43. The lowest BCUT2D eigenvalue weighted by Crippen LogP contribution is -2.32. The Morgan fingerprint density at radius 1 is 0.682 bits per heavy atom. The van der Waals surface area contributed by atoms with Crippen LogP contribution < -0.4 is 5.46 Å². The Hall–Kier alpha value is -2.36.